The molecule has 0 atom stereocenters. The van der Waals surface area contributed by atoms with Crippen LogP contribution in [-0.2, 0) is 4.74 Å². The molecule has 0 saturated carbocycles. The number of ether oxygens (including phenoxy) is 1. The number of unbranched alkanes of at least 4 members (excludes halogenated alkanes) is 6. The van der Waals surface area contributed by atoms with Crippen LogP contribution in [0.2, 0.25) is 0 Å². The van der Waals surface area contributed by atoms with Crippen molar-refractivity contribution in [3.8, 4) is 0 Å². The van der Waals surface area contributed by atoms with E-state index in [2.05, 4.69) is 11.8 Å². The topological polar surface area (TPSA) is 12.5 Å². The second kappa shape index (κ2) is 9.90. The molecule has 1 rings (SSSR count). The van der Waals surface area contributed by atoms with E-state index in [9.17, 15) is 0 Å². The number of likely N-dealkylation sites (tertiary alicyclic amines) is 1. The summed E-state index contributed by atoms with van der Waals surface area (Å²) < 4.78 is 5.39. The van der Waals surface area contributed by atoms with Crippen molar-refractivity contribution < 1.29 is 4.74 Å². The molecule has 102 valence electrons. The molecule has 0 radical (unpaired) electrons. The van der Waals surface area contributed by atoms with Gasteiger partial charge in [0.2, 0.25) is 0 Å². The molecule has 0 aliphatic carbocycles. The molecule has 1 fully saturated rings. The second-order valence-electron chi connectivity index (χ2n) is 5.40. The summed E-state index contributed by atoms with van der Waals surface area (Å²) in [4.78, 5) is 2.61. The van der Waals surface area contributed by atoms with Crippen molar-refractivity contribution in [1.82, 2.24) is 4.90 Å². The Hall–Kier alpha value is -0.0800. The summed E-state index contributed by atoms with van der Waals surface area (Å²) in [5.74, 6) is 0. The lowest BCUT2D eigenvalue weighted by molar-refractivity contribution is 0.0407. The summed E-state index contributed by atoms with van der Waals surface area (Å²) in [5, 5.41) is 0. The molecule has 0 aromatic carbocycles. The molecule has 2 heteroatoms. The zero-order chi connectivity index (χ0) is 12.3. The highest BCUT2D eigenvalue weighted by atomic mass is 16.5. The van der Waals surface area contributed by atoms with Gasteiger partial charge >= 0.3 is 0 Å². The van der Waals surface area contributed by atoms with Gasteiger partial charge in [0.05, 0.1) is 6.10 Å². The fourth-order valence-electron chi connectivity index (χ4n) is 2.66. The van der Waals surface area contributed by atoms with Gasteiger partial charge in [-0.1, -0.05) is 45.4 Å². The van der Waals surface area contributed by atoms with Gasteiger partial charge in [-0.05, 0) is 25.8 Å². The predicted molar refractivity (Wildman–Crippen MR) is 74.5 cm³/mol. The van der Waals surface area contributed by atoms with Crippen molar-refractivity contribution in [2.45, 2.75) is 70.8 Å². The van der Waals surface area contributed by atoms with Crippen molar-refractivity contribution in [1.29, 1.82) is 0 Å². The first kappa shape index (κ1) is 15.0. The Morgan fingerprint density at radius 3 is 2.12 bits per heavy atom. The quantitative estimate of drug-likeness (QED) is 0.569. The minimum atomic E-state index is 0.528. The molecule has 1 aliphatic rings. The van der Waals surface area contributed by atoms with E-state index in [-0.39, 0.29) is 0 Å². The molecule has 1 heterocycles. The number of hydrogen-bond acceptors (Lipinski definition) is 2. The summed E-state index contributed by atoms with van der Waals surface area (Å²) >= 11 is 0. The second-order valence-corrected chi connectivity index (χ2v) is 5.40. The van der Waals surface area contributed by atoms with E-state index in [0.29, 0.717) is 6.10 Å². The summed E-state index contributed by atoms with van der Waals surface area (Å²) in [5.41, 5.74) is 0. The van der Waals surface area contributed by atoms with Gasteiger partial charge in [-0.15, -0.1) is 0 Å². The van der Waals surface area contributed by atoms with Gasteiger partial charge in [0.1, 0.15) is 0 Å². The first-order valence-electron chi connectivity index (χ1n) is 7.62. The van der Waals surface area contributed by atoms with Crippen LogP contribution in [-0.4, -0.2) is 37.7 Å². The molecule has 0 aromatic rings. The maximum atomic E-state index is 5.39. The van der Waals surface area contributed by atoms with Crippen molar-refractivity contribution in [3.63, 3.8) is 0 Å². The molecule has 0 spiro atoms. The van der Waals surface area contributed by atoms with E-state index in [1.54, 1.807) is 0 Å². The Morgan fingerprint density at radius 2 is 1.53 bits per heavy atom. The van der Waals surface area contributed by atoms with Crippen LogP contribution in [0, 0.1) is 0 Å². The molecule has 1 aliphatic heterocycles. The molecule has 0 bridgehead atoms. The van der Waals surface area contributed by atoms with Gasteiger partial charge in [0, 0.05) is 20.2 Å². The van der Waals surface area contributed by atoms with E-state index in [4.69, 9.17) is 4.74 Å². The van der Waals surface area contributed by atoms with E-state index < -0.39 is 0 Å². The van der Waals surface area contributed by atoms with Crippen LogP contribution >= 0.6 is 0 Å². The Balaban J connectivity index is 1.87. The average molecular weight is 241 g/mol. The summed E-state index contributed by atoms with van der Waals surface area (Å²) in [7, 11) is 1.84. The number of piperidine rings is 1. The van der Waals surface area contributed by atoms with Gasteiger partial charge in [-0.2, -0.15) is 0 Å². The maximum Gasteiger partial charge on any atom is 0.0595 e. The number of methoxy groups -OCH3 is 1. The fourth-order valence-corrected chi connectivity index (χ4v) is 2.66. The third-order valence-electron chi connectivity index (χ3n) is 3.95. The van der Waals surface area contributed by atoms with Gasteiger partial charge < -0.3 is 9.64 Å². The molecular formula is C15H31NO. The number of nitrogens with zero attached hydrogens (tertiary/aromatic N) is 1. The van der Waals surface area contributed by atoms with Crippen LogP contribution in [0.5, 0.6) is 0 Å². The van der Waals surface area contributed by atoms with Crippen molar-refractivity contribution in [2.75, 3.05) is 26.7 Å². The van der Waals surface area contributed by atoms with Crippen molar-refractivity contribution in [3.05, 3.63) is 0 Å². The van der Waals surface area contributed by atoms with Crippen molar-refractivity contribution in [2.24, 2.45) is 0 Å². The van der Waals surface area contributed by atoms with Crippen LogP contribution in [0.25, 0.3) is 0 Å². The predicted octanol–water partition coefficient (Wildman–Crippen LogP) is 3.85. The monoisotopic (exact) mass is 241 g/mol. The molecule has 2 nitrogen and oxygen atoms in total. The fraction of sp³-hybridized carbons (Fsp3) is 1.00. The smallest absolute Gasteiger partial charge is 0.0595 e. The molecular weight excluding hydrogens is 210 g/mol. The SMILES string of the molecule is CCCCCCCCCN1CCC(OC)CC1. The Labute approximate surface area is 108 Å². The van der Waals surface area contributed by atoms with Gasteiger partial charge in [0.25, 0.3) is 0 Å². The minimum absolute atomic E-state index is 0.528. The van der Waals surface area contributed by atoms with Gasteiger partial charge in [-0.25, -0.2) is 0 Å². The van der Waals surface area contributed by atoms with Crippen LogP contribution in [0.4, 0.5) is 0 Å². The highest BCUT2D eigenvalue weighted by Crippen LogP contribution is 2.14. The average Bonchev–Trinajstić information content (AvgIpc) is 2.38. The van der Waals surface area contributed by atoms with Crippen LogP contribution < -0.4 is 0 Å². The minimum Gasteiger partial charge on any atom is -0.381 e. The lowest BCUT2D eigenvalue weighted by Crippen LogP contribution is -2.37. The third kappa shape index (κ3) is 7.05. The number of hydrogen-bond donors (Lipinski definition) is 0. The lowest BCUT2D eigenvalue weighted by Gasteiger charge is -2.31. The normalized spacial score (nSPS) is 18.7. The standard InChI is InChI=1S/C15H31NO/c1-3-4-5-6-7-8-9-12-16-13-10-15(17-2)11-14-16/h15H,3-14H2,1-2H3. The van der Waals surface area contributed by atoms with E-state index in [0.717, 1.165) is 0 Å². The number of rotatable bonds is 9. The Kier molecular flexibility index (Phi) is 8.72. The van der Waals surface area contributed by atoms with Gasteiger partial charge in [0.15, 0.2) is 0 Å². The Bertz CT molecular complexity index is 164. The van der Waals surface area contributed by atoms with Crippen molar-refractivity contribution >= 4 is 0 Å². The highest BCUT2D eigenvalue weighted by Gasteiger charge is 2.17. The highest BCUT2D eigenvalue weighted by molar-refractivity contribution is 4.71. The van der Waals surface area contributed by atoms with Gasteiger partial charge in [-0.3, -0.25) is 0 Å². The first-order chi connectivity index (χ1) is 8.36. The van der Waals surface area contributed by atoms with E-state index in [1.165, 1.54) is 77.4 Å². The zero-order valence-corrected chi connectivity index (χ0v) is 11.9. The largest absolute Gasteiger partial charge is 0.381 e. The summed E-state index contributed by atoms with van der Waals surface area (Å²) in [6.45, 7) is 6.08. The third-order valence-corrected chi connectivity index (χ3v) is 3.95. The lowest BCUT2D eigenvalue weighted by atomic mass is 10.1. The molecule has 0 aromatic heterocycles. The first-order valence-corrected chi connectivity index (χ1v) is 7.62. The molecule has 17 heavy (non-hydrogen) atoms. The Morgan fingerprint density at radius 1 is 0.941 bits per heavy atom. The zero-order valence-electron chi connectivity index (χ0n) is 11.9. The van der Waals surface area contributed by atoms with E-state index in [1.807, 2.05) is 7.11 Å². The summed E-state index contributed by atoms with van der Waals surface area (Å²) in [6, 6.07) is 0. The molecule has 0 unspecified atom stereocenters. The van der Waals surface area contributed by atoms with Crippen LogP contribution in [0.15, 0.2) is 0 Å². The molecule has 0 N–H and O–H groups in total. The maximum absolute atomic E-state index is 5.39. The summed E-state index contributed by atoms with van der Waals surface area (Å²) in [6.07, 6.45) is 12.9. The molecule has 0 amide bonds. The van der Waals surface area contributed by atoms with E-state index >= 15 is 0 Å². The van der Waals surface area contributed by atoms with Crippen LogP contribution in [0.1, 0.15) is 64.7 Å². The van der Waals surface area contributed by atoms with Crippen LogP contribution in [0.3, 0.4) is 0 Å². The molecule has 1 saturated heterocycles.